The van der Waals surface area contributed by atoms with Crippen molar-refractivity contribution in [1.29, 1.82) is 0 Å². The van der Waals surface area contributed by atoms with E-state index in [1.807, 2.05) is 23.6 Å². The molecule has 2 aliphatic rings. The number of hydrogen-bond acceptors (Lipinski definition) is 6. The number of thiophene rings is 1. The third-order valence-electron chi connectivity index (χ3n) is 5.16. The van der Waals surface area contributed by atoms with Gasteiger partial charge in [0.05, 0.1) is 24.8 Å². The van der Waals surface area contributed by atoms with Crippen molar-refractivity contribution >= 4 is 28.8 Å². The van der Waals surface area contributed by atoms with Gasteiger partial charge in [-0.25, -0.2) is 0 Å². The van der Waals surface area contributed by atoms with E-state index in [9.17, 15) is 14.7 Å². The molecule has 28 heavy (non-hydrogen) atoms. The third kappa shape index (κ3) is 3.61. The number of likely N-dealkylation sites (tertiary alicyclic amines) is 1. The van der Waals surface area contributed by atoms with E-state index in [1.165, 1.54) is 11.3 Å². The lowest BCUT2D eigenvalue weighted by molar-refractivity contribution is -0.140. The largest absolute Gasteiger partial charge is 0.507 e. The standard InChI is InChI=1S/C21H22N2O4S/c24-19(15-5-2-1-3-6-15)17-18(16-7-4-14-28-16)23(21(26)20(17)25)9-8-22-10-12-27-13-11-22/h1-7,14,18,24H,8-13H2/t18-/m1/s1. The lowest BCUT2D eigenvalue weighted by atomic mass is 10.00. The Kier molecular flexibility index (Phi) is 5.57. The zero-order valence-electron chi connectivity index (χ0n) is 15.4. The van der Waals surface area contributed by atoms with Gasteiger partial charge in [-0.05, 0) is 11.4 Å². The topological polar surface area (TPSA) is 70.1 Å². The molecule has 1 aromatic carbocycles. The molecule has 6 nitrogen and oxygen atoms in total. The minimum absolute atomic E-state index is 0.119. The summed E-state index contributed by atoms with van der Waals surface area (Å²) in [5.74, 6) is -1.29. The summed E-state index contributed by atoms with van der Waals surface area (Å²) in [7, 11) is 0. The molecule has 146 valence electrons. The fourth-order valence-electron chi connectivity index (χ4n) is 3.68. The normalized spacial score (nSPS) is 22.7. The lowest BCUT2D eigenvalue weighted by Crippen LogP contribution is -2.42. The van der Waals surface area contributed by atoms with Gasteiger partial charge in [0.25, 0.3) is 11.7 Å². The average molecular weight is 398 g/mol. The van der Waals surface area contributed by atoms with Crippen molar-refractivity contribution in [2.24, 2.45) is 0 Å². The Morgan fingerprint density at radius 3 is 2.50 bits per heavy atom. The van der Waals surface area contributed by atoms with E-state index in [0.29, 0.717) is 31.9 Å². The minimum Gasteiger partial charge on any atom is -0.507 e. The van der Waals surface area contributed by atoms with Gasteiger partial charge in [-0.2, -0.15) is 0 Å². The maximum absolute atomic E-state index is 12.8. The number of benzene rings is 1. The highest BCUT2D eigenvalue weighted by Gasteiger charge is 2.46. The number of aliphatic hydroxyl groups is 1. The molecule has 7 heteroatoms. The van der Waals surface area contributed by atoms with Crippen LogP contribution in [0, 0.1) is 0 Å². The van der Waals surface area contributed by atoms with Gasteiger partial charge >= 0.3 is 0 Å². The van der Waals surface area contributed by atoms with Crippen molar-refractivity contribution in [3.05, 3.63) is 63.9 Å². The van der Waals surface area contributed by atoms with E-state index in [0.717, 1.165) is 18.0 Å². The van der Waals surface area contributed by atoms with Crippen LogP contribution in [-0.2, 0) is 14.3 Å². The Hall–Kier alpha value is -2.48. The molecule has 1 aromatic heterocycles. The van der Waals surface area contributed by atoms with Gasteiger partial charge < -0.3 is 14.7 Å². The van der Waals surface area contributed by atoms with Crippen molar-refractivity contribution in [2.75, 3.05) is 39.4 Å². The summed E-state index contributed by atoms with van der Waals surface area (Å²) in [5, 5.41) is 12.8. The smallest absolute Gasteiger partial charge is 0.295 e. The summed E-state index contributed by atoms with van der Waals surface area (Å²) in [5.41, 5.74) is 0.705. The lowest BCUT2D eigenvalue weighted by Gasteiger charge is -2.30. The zero-order valence-corrected chi connectivity index (χ0v) is 16.2. The van der Waals surface area contributed by atoms with Crippen LogP contribution in [0.4, 0.5) is 0 Å². The van der Waals surface area contributed by atoms with Crippen LogP contribution in [0.5, 0.6) is 0 Å². The molecule has 1 atom stereocenters. The van der Waals surface area contributed by atoms with Gasteiger partial charge in [-0.15, -0.1) is 11.3 Å². The maximum atomic E-state index is 12.8. The Balaban J connectivity index is 1.68. The highest BCUT2D eigenvalue weighted by atomic mass is 32.1. The van der Waals surface area contributed by atoms with Gasteiger partial charge in [-0.1, -0.05) is 36.4 Å². The number of Topliss-reactive ketones (excluding diaryl/α,β-unsaturated/α-hetero) is 1. The van der Waals surface area contributed by atoms with Gasteiger partial charge in [-0.3, -0.25) is 14.5 Å². The molecule has 0 aliphatic carbocycles. The Morgan fingerprint density at radius 1 is 1.07 bits per heavy atom. The Morgan fingerprint density at radius 2 is 1.82 bits per heavy atom. The molecule has 0 bridgehead atoms. The number of rotatable bonds is 5. The number of aliphatic hydroxyl groups excluding tert-OH is 1. The number of amides is 1. The maximum Gasteiger partial charge on any atom is 0.295 e. The van der Waals surface area contributed by atoms with Gasteiger partial charge in [0.2, 0.25) is 0 Å². The van der Waals surface area contributed by atoms with Crippen LogP contribution in [-0.4, -0.2) is 66.0 Å². The molecule has 0 radical (unpaired) electrons. The monoisotopic (exact) mass is 398 g/mol. The first-order valence-electron chi connectivity index (χ1n) is 9.34. The molecule has 4 rings (SSSR count). The number of ether oxygens (including phenoxy) is 1. The SMILES string of the molecule is O=C1C(=O)N(CCN2CCOCC2)[C@H](c2cccs2)C1=C(O)c1ccccc1. The summed E-state index contributed by atoms with van der Waals surface area (Å²) < 4.78 is 5.37. The van der Waals surface area contributed by atoms with E-state index >= 15 is 0 Å². The first-order valence-corrected chi connectivity index (χ1v) is 10.2. The molecule has 0 unspecified atom stereocenters. The van der Waals surface area contributed by atoms with Gasteiger partial charge in [0.1, 0.15) is 5.76 Å². The predicted molar refractivity (Wildman–Crippen MR) is 107 cm³/mol. The van der Waals surface area contributed by atoms with Crippen LogP contribution in [0.2, 0.25) is 0 Å². The van der Waals surface area contributed by atoms with Crippen molar-refractivity contribution in [1.82, 2.24) is 9.80 Å². The second kappa shape index (κ2) is 8.26. The summed E-state index contributed by atoms with van der Waals surface area (Å²) in [6.45, 7) is 4.10. The number of ketones is 1. The second-order valence-electron chi connectivity index (χ2n) is 6.83. The number of morpholine rings is 1. The molecule has 1 amide bonds. The van der Waals surface area contributed by atoms with Crippen LogP contribution >= 0.6 is 11.3 Å². The molecule has 2 fully saturated rings. The van der Waals surface area contributed by atoms with Crippen LogP contribution in [0.1, 0.15) is 16.5 Å². The van der Waals surface area contributed by atoms with Crippen molar-refractivity contribution in [3.63, 3.8) is 0 Å². The van der Waals surface area contributed by atoms with Crippen molar-refractivity contribution in [3.8, 4) is 0 Å². The zero-order chi connectivity index (χ0) is 19.5. The number of nitrogens with zero attached hydrogens (tertiary/aromatic N) is 2. The molecule has 0 spiro atoms. The molecular formula is C21H22N2O4S. The Bertz CT molecular complexity index is 873. The quantitative estimate of drug-likeness (QED) is 0.476. The summed E-state index contributed by atoms with van der Waals surface area (Å²) in [4.78, 5) is 30.4. The van der Waals surface area contributed by atoms with Gasteiger partial charge in [0, 0.05) is 36.6 Å². The van der Waals surface area contributed by atoms with Crippen molar-refractivity contribution in [2.45, 2.75) is 6.04 Å². The fraction of sp³-hybridized carbons (Fsp3) is 0.333. The predicted octanol–water partition coefficient (Wildman–Crippen LogP) is 2.50. The first-order chi connectivity index (χ1) is 13.7. The Labute approximate surface area is 167 Å². The molecule has 3 heterocycles. The first kappa shape index (κ1) is 18.9. The second-order valence-corrected chi connectivity index (χ2v) is 7.81. The van der Waals surface area contributed by atoms with E-state index in [2.05, 4.69) is 4.90 Å². The van der Waals surface area contributed by atoms with Crippen LogP contribution in [0.3, 0.4) is 0 Å². The van der Waals surface area contributed by atoms with Crippen molar-refractivity contribution < 1.29 is 19.4 Å². The molecule has 2 aliphatic heterocycles. The highest BCUT2D eigenvalue weighted by molar-refractivity contribution is 7.10. The van der Waals surface area contributed by atoms with E-state index in [1.54, 1.807) is 29.2 Å². The molecule has 1 N–H and O–H groups in total. The van der Waals surface area contributed by atoms with Crippen LogP contribution in [0.25, 0.3) is 5.76 Å². The van der Waals surface area contributed by atoms with Crippen LogP contribution in [0.15, 0.2) is 53.4 Å². The summed E-state index contributed by atoms with van der Waals surface area (Å²) in [6, 6.07) is 12.2. The molecule has 2 aromatic rings. The minimum atomic E-state index is -0.623. The summed E-state index contributed by atoms with van der Waals surface area (Å²) >= 11 is 1.48. The van der Waals surface area contributed by atoms with E-state index in [-0.39, 0.29) is 11.3 Å². The summed E-state index contributed by atoms with van der Waals surface area (Å²) in [6.07, 6.45) is 0. The van der Waals surface area contributed by atoms with Crippen LogP contribution < -0.4 is 0 Å². The third-order valence-corrected chi connectivity index (χ3v) is 6.09. The number of hydrogen-bond donors (Lipinski definition) is 1. The molecule has 2 saturated heterocycles. The van der Waals surface area contributed by atoms with Gasteiger partial charge in [0.15, 0.2) is 0 Å². The van der Waals surface area contributed by atoms with E-state index in [4.69, 9.17) is 4.74 Å². The fourth-order valence-corrected chi connectivity index (χ4v) is 4.52. The van der Waals surface area contributed by atoms with E-state index < -0.39 is 17.7 Å². The highest BCUT2D eigenvalue weighted by Crippen LogP contribution is 2.40. The molecule has 0 saturated carbocycles. The number of carbonyl (C=O) groups is 2. The average Bonchev–Trinajstić information content (AvgIpc) is 3.35. The number of carbonyl (C=O) groups excluding carboxylic acids is 2. The molecular weight excluding hydrogens is 376 g/mol.